The number of aromatic hydroxyl groups is 1. The van der Waals surface area contributed by atoms with Gasteiger partial charge in [0.1, 0.15) is 11.5 Å². The molecule has 1 atom stereocenters. The maximum Gasteiger partial charge on any atom is 0.255 e. The number of amides is 1. The van der Waals surface area contributed by atoms with Crippen LogP contribution in [0.5, 0.6) is 11.5 Å². The molecule has 4 nitrogen and oxygen atoms in total. The summed E-state index contributed by atoms with van der Waals surface area (Å²) in [5.41, 5.74) is 0.257. The molecule has 0 radical (unpaired) electrons. The second-order valence-corrected chi connectivity index (χ2v) is 4.53. The van der Waals surface area contributed by atoms with Crippen molar-refractivity contribution < 1.29 is 14.6 Å². The van der Waals surface area contributed by atoms with Gasteiger partial charge in [-0.25, -0.2) is 0 Å². The van der Waals surface area contributed by atoms with Gasteiger partial charge in [-0.1, -0.05) is 15.9 Å². The van der Waals surface area contributed by atoms with E-state index in [1.165, 1.54) is 13.2 Å². The lowest BCUT2D eigenvalue weighted by Gasteiger charge is -2.13. The van der Waals surface area contributed by atoms with Gasteiger partial charge in [-0.3, -0.25) is 4.79 Å². The van der Waals surface area contributed by atoms with Crippen molar-refractivity contribution in [1.29, 1.82) is 0 Å². The molecule has 0 aliphatic carbocycles. The van der Waals surface area contributed by atoms with E-state index in [2.05, 4.69) is 21.2 Å². The summed E-state index contributed by atoms with van der Waals surface area (Å²) in [6, 6.07) is 4.67. The summed E-state index contributed by atoms with van der Waals surface area (Å²) < 4.78 is 4.95. The zero-order valence-electron chi connectivity index (χ0n) is 9.87. The van der Waals surface area contributed by atoms with Crippen molar-refractivity contribution >= 4 is 21.8 Å². The molecule has 1 rings (SSSR count). The molecule has 0 spiro atoms. The summed E-state index contributed by atoms with van der Waals surface area (Å²) >= 11 is 3.31. The monoisotopic (exact) mass is 301 g/mol. The standard InChI is InChI=1S/C12H16BrNO3/c1-8(5-6-13)14-12(16)10-4-3-9(17-2)7-11(10)15/h3-4,7-8,15H,5-6H2,1-2H3,(H,14,16). The Balaban J connectivity index is 2.75. The lowest BCUT2D eigenvalue weighted by molar-refractivity contribution is 0.0937. The van der Waals surface area contributed by atoms with E-state index in [1.54, 1.807) is 12.1 Å². The van der Waals surface area contributed by atoms with Gasteiger partial charge in [-0.2, -0.15) is 0 Å². The van der Waals surface area contributed by atoms with Crippen LogP contribution in [0, 0.1) is 0 Å². The predicted molar refractivity (Wildman–Crippen MR) is 70.0 cm³/mol. The van der Waals surface area contributed by atoms with Crippen LogP contribution in [0.1, 0.15) is 23.7 Å². The summed E-state index contributed by atoms with van der Waals surface area (Å²) in [5, 5.41) is 13.3. The van der Waals surface area contributed by atoms with Crippen molar-refractivity contribution in [1.82, 2.24) is 5.32 Å². The minimum atomic E-state index is -0.279. The van der Waals surface area contributed by atoms with Crippen LogP contribution in [0.25, 0.3) is 0 Å². The summed E-state index contributed by atoms with van der Waals surface area (Å²) in [6.07, 6.45) is 0.836. The van der Waals surface area contributed by atoms with Crippen molar-refractivity contribution in [2.24, 2.45) is 0 Å². The number of carbonyl (C=O) groups is 1. The van der Waals surface area contributed by atoms with Gasteiger partial charge in [0.25, 0.3) is 5.91 Å². The molecule has 0 aliphatic heterocycles. The third kappa shape index (κ3) is 3.93. The Morgan fingerprint density at radius 3 is 2.82 bits per heavy atom. The number of alkyl halides is 1. The second-order valence-electron chi connectivity index (χ2n) is 3.74. The van der Waals surface area contributed by atoms with E-state index >= 15 is 0 Å². The van der Waals surface area contributed by atoms with Crippen LogP contribution in [-0.2, 0) is 0 Å². The van der Waals surface area contributed by atoms with Crippen molar-refractivity contribution in [3.63, 3.8) is 0 Å². The van der Waals surface area contributed by atoms with Crippen LogP contribution < -0.4 is 10.1 Å². The van der Waals surface area contributed by atoms with Crippen molar-refractivity contribution in [3.05, 3.63) is 23.8 Å². The summed E-state index contributed by atoms with van der Waals surface area (Å²) in [6.45, 7) is 1.92. The first kappa shape index (κ1) is 13.8. The highest BCUT2D eigenvalue weighted by Crippen LogP contribution is 2.23. The van der Waals surface area contributed by atoms with Crippen LogP contribution in [-0.4, -0.2) is 29.5 Å². The van der Waals surface area contributed by atoms with Crippen LogP contribution in [0.2, 0.25) is 0 Å². The highest BCUT2D eigenvalue weighted by molar-refractivity contribution is 9.09. The number of ether oxygens (including phenoxy) is 1. The fraction of sp³-hybridized carbons (Fsp3) is 0.417. The fourth-order valence-electron chi connectivity index (χ4n) is 1.37. The lowest BCUT2D eigenvalue weighted by Crippen LogP contribution is -2.32. The Morgan fingerprint density at radius 1 is 1.59 bits per heavy atom. The number of nitrogens with one attached hydrogen (secondary N) is 1. The van der Waals surface area contributed by atoms with Crippen LogP contribution >= 0.6 is 15.9 Å². The Hall–Kier alpha value is -1.23. The minimum Gasteiger partial charge on any atom is -0.507 e. The SMILES string of the molecule is COc1ccc(C(=O)NC(C)CCBr)c(O)c1. The highest BCUT2D eigenvalue weighted by Gasteiger charge is 2.13. The molecule has 1 amide bonds. The predicted octanol–water partition coefficient (Wildman–Crippen LogP) is 2.30. The second kappa shape index (κ2) is 6.49. The van der Waals surface area contributed by atoms with Crippen LogP contribution in [0.15, 0.2) is 18.2 Å². The molecule has 0 aliphatic rings. The Bertz CT molecular complexity index is 395. The number of phenols is 1. The summed E-state index contributed by atoms with van der Waals surface area (Å²) in [5.74, 6) is 0.166. The summed E-state index contributed by atoms with van der Waals surface area (Å²) in [4.78, 5) is 11.8. The van der Waals surface area contributed by atoms with E-state index in [1.807, 2.05) is 6.92 Å². The third-order valence-corrected chi connectivity index (χ3v) is 2.83. The molecule has 94 valence electrons. The number of halogens is 1. The molecule has 0 heterocycles. The number of hydrogen-bond acceptors (Lipinski definition) is 3. The van der Waals surface area contributed by atoms with E-state index in [9.17, 15) is 9.90 Å². The van der Waals surface area contributed by atoms with Crippen LogP contribution in [0.4, 0.5) is 0 Å². The van der Waals surface area contributed by atoms with Gasteiger partial charge in [0.15, 0.2) is 0 Å². The quantitative estimate of drug-likeness (QED) is 0.821. The molecule has 2 N–H and O–H groups in total. The van der Waals surface area contributed by atoms with E-state index in [0.717, 1.165) is 11.8 Å². The molecule has 0 aromatic heterocycles. The lowest BCUT2D eigenvalue weighted by atomic mass is 10.1. The molecule has 0 saturated heterocycles. The molecule has 1 aromatic carbocycles. The molecule has 17 heavy (non-hydrogen) atoms. The van der Waals surface area contributed by atoms with Crippen molar-refractivity contribution in [2.45, 2.75) is 19.4 Å². The van der Waals surface area contributed by atoms with Gasteiger partial charge in [0.05, 0.1) is 12.7 Å². The van der Waals surface area contributed by atoms with Gasteiger partial charge in [-0.05, 0) is 25.5 Å². The van der Waals surface area contributed by atoms with E-state index in [4.69, 9.17) is 4.74 Å². The Labute approximate surface area is 109 Å². The van der Waals surface area contributed by atoms with Gasteiger partial charge < -0.3 is 15.2 Å². The maximum atomic E-state index is 11.8. The Morgan fingerprint density at radius 2 is 2.29 bits per heavy atom. The fourth-order valence-corrected chi connectivity index (χ4v) is 2.05. The van der Waals surface area contributed by atoms with Crippen LogP contribution in [0.3, 0.4) is 0 Å². The zero-order chi connectivity index (χ0) is 12.8. The maximum absolute atomic E-state index is 11.8. The third-order valence-electron chi connectivity index (χ3n) is 2.37. The average molecular weight is 302 g/mol. The molecular formula is C12H16BrNO3. The number of methoxy groups -OCH3 is 1. The normalized spacial score (nSPS) is 11.9. The number of hydrogen-bond donors (Lipinski definition) is 2. The van der Waals surface area contributed by atoms with Gasteiger partial charge in [0, 0.05) is 17.4 Å². The smallest absolute Gasteiger partial charge is 0.255 e. The molecule has 1 aromatic rings. The Kier molecular flexibility index (Phi) is 5.28. The van der Waals surface area contributed by atoms with Crippen molar-refractivity contribution in [3.8, 4) is 11.5 Å². The first-order valence-corrected chi connectivity index (χ1v) is 6.44. The number of benzene rings is 1. The van der Waals surface area contributed by atoms with Gasteiger partial charge in [-0.15, -0.1) is 0 Å². The highest BCUT2D eigenvalue weighted by atomic mass is 79.9. The van der Waals surface area contributed by atoms with E-state index < -0.39 is 0 Å². The van der Waals surface area contributed by atoms with Gasteiger partial charge >= 0.3 is 0 Å². The number of rotatable bonds is 5. The number of phenolic OH excluding ortho intramolecular Hbond substituents is 1. The van der Waals surface area contributed by atoms with E-state index in [-0.39, 0.29) is 23.3 Å². The molecule has 0 bridgehead atoms. The topological polar surface area (TPSA) is 58.6 Å². The largest absolute Gasteiger partial charge is 0.507 e. The number of carbonyl (C=O) groups excluding carboxylic acids is 1. The molecule has 1 unspecified atom stereocenters. The zero-order valence-corrected chi connectivity index (χ0v) is 11.5. The molecule has 0 saturated carbocycles. The van der Waals surface area contributed by atoms with Gasteiger partial charge in [0.2, 0.25) is 0 Å². The molecule has 0 fully saturated rings. The minimum absolute atomic E-state index is 0.0587. The molecule has 5 heteroatoms. The average Bonchev–Trinajstić information content (AvgIpc) is 2.28. The first-order chi connectivity index (χ1) is 8.08. The van der Waals surface area contributed by atoms with Crippen molar-refractivity contribution in [2.75, 3.05) is 12.4 Å². The molecular weight excluding hydrogens is 286 g/mol. The van der Waals surface area contributed by atoms with E-state index in [0.29, 0.717) is 5.75 Å². The first-order valence-electron chi connectivity index (χ1n) is 5.32. The summed E-state index contributed by atoms with van der Waals surface area (Å²) in [7, 11) is 1.51.